The Kier molecular flexibility index (Phi) is 5.02. The molecule has 0 aliphatic carbocycles. The Morgan fingerprint density at radius 2 is 1.62 bits per heavy atom. The average molecular weight is 222 g/mol. The van der Waals surface area contributed by atoms with E-state index in [0.717, 1.165) is 6.42 Å². The molecule has 0 aliphatic rings. The van der Waals surface area contributed by atoms with Crippen molar-refractivity contribution in [2.75, 3.05) is 11.5 Å². The first kappa shape index (κ1) is 13.0. The van der Waals surface area contributed by atoms with E-state index in [-0.39, 0.29) is 0 Å². The van der Waals surface area contributed by atoms with Gasteiger partial charge in [-0.15, -0.1) is 0 Å². The number of hydrogen-bond donors (Lipinski definition) is 0. The molecule has 0 aromatic carbocycles. The highest BCUT2D eigenvalue weighted by molar-refractivity contribution is 7.99. The summed E-state index contributed by atoms with van der Waals surface area (Å²) in [6.07, 6.45) is -3.95. The van der Waals surface area contributed by atoms with Crippen LogP contribution in [0, 0.1) is 0 Å². The molecule has 0 N–H and O–H groups in total. The number of alkyl halides is 5. The Bertz CT molecular complexity index is 142. The van der Waals surface area contributed by atoms with E-state index in [1.807, 2.05) is 6.92 Å². The van der Waals surface area contributed by atoms with Crippen molar-refractivity contribution >= 4 is 11.8 Å². The van der Waals surface area contributed by atoms with Gasteiger partial charge in [0.1, 0.15) is 0 Å². The van der Waals surface area contributed by atoms with Gasteiger partial charge < -0.3 is 0 Å². The predicted molar refractivity (Wildman–Crippen MR) is 43.2 cm³/mol. The highest BCUT2D eigenvalue weighted by atomic mass is 32.2. The van der Waals surface area contributed by atoms with E-state index < -0.39 is 17.9 Å². The van der Waals surface area contributed by atoms with E-state index in [1.54, 1.807) is 0 Å². The molecule has 0 aromatic heterocycles. The molecule has 0 unspecified atom stereocenters. The van der Waals surface area contributed by atoms with Crippen LogP contribution >= 0.6 is 11.8 Å². The Labute approximate surface area is 77.9 Å². The molecule has 0 spiro atoms. The summed E-state index contributed by atoms with van der Waals surface area (Å²) in [6.45, 7) is 1.85. The van der Waals surface area contributed by atoms with Crippen LogP contribution in [0.3, 0.4) is 0 Å². The Balaban J connectivity index is 3.77. The van der Waals surface area contributed by atoms with Gasteiger partial charge in [-0.1, -0.05) is 13.3 Å². The van der Waals surface area contributed by atoms with Crippen LogP contribution in [0.2, 0.25) is 0 Å². The summed E-state index contributed by atoms with van der Waals surface area (Å²) in [4.78, 5) is 0. The van der Waals surface area contributed by atoms with Crippen LogP contribution in [-0.4, -0.2) is 23.6 Å². The second-order valence-corrected chi connectivity index (χ2v) is 3.71. The molecule has 0 saturated carbocycles. The number of hydrogen-bond acceptors (Lipinski definition) is 1. The monoisotopic (exact) mass is 222 g/mol. The van der Waals surface area contributed by atoms with Crippen LogP contribution in [0.15, 0.2) is 0 Å². The Morgan fingerprint density at radius 3 is 2.00 bits per heavy atom. The topological polar surface area (TPSA) is 0 Å². The molecule has 6 heteroatoms. The molecule has 0 aliphatic heterocycles. The first-order chi connectivity index (χ1) is 5.81. The lowest BCUT2D eigenvalue weighted by Crippen LogP contribution is -2.38. The fraction of sp³-hybridized carbons (Fsp3) is 1.00. The van der Waals surface area contributed by atoms with Gasteiger partial charge in [0, 0.05) is 0 Å². The number of halogens is 5. The second-order valence-electron chi connectivity index (χ2n) is 2.61. The van der Waals surface area contributed by atoms with Crippen molar-refractivity contribution in [2.45, 2.75) is 31.9 Å². The zero-order valence-corrected chi connectivity index (χ0v) is 7.94. The minimum Gasteiger partial charge on any atom is -0.195 e. The van der Waals surface area contributed by atoms with Gasteiger partial charge in [-0.25, -0.2) is 0 Å². The van der Waals surface area contributed by atoms with Crippen molar-refractivity contribution in [2.24, 2.45) is 0 Å². The highest BCUT2D eigenvalue weighted by Gasteiger charge is 2.56. The fourth-order valence-corrected chi connectivity index (χ4v) is 1.59. The minimum atomic E-state index is -5.41. The molecule has 0 aromatic rings. The third-order valence-corrected chi connectivity index (χ3v) is 2.48. The lowest BCUT2D eigenvalue weighted by atomic mass is 10.4. The molecule has 0 fully saturated rings. The van der Waals surface area contributed by atoms with Gasteiger partial charge in [-0.05, 0) is 12.2 Å². The largest absolute Gasteiger partial charge is 0.454 e. The zero-order valence-electron chi connectivity index (χ0n) is 7.13. The van der Waals surface area contributed by atoms with Crippen LogP contribution in [0.25, 0.3) is 0 Å². The van der Waals surface area contributed by atoms with Crippen molar-refractivity contribution in [3.63, 3.8) is 0 Å². The van der Waals surface area contributed by atoms with E-state index in [1.165, 1.54) is 0 Å². The molecule has 0 radical (unpaired) electrons. The van der Waals surface area contributed by atoms with E-state index >= 15 is 0 Å². The molecular formula is C7H11F5S. The van der Waals surface area contributed by atoms with E-state index in [4.69, 9.17) is 0 Å². The quantitative estimate of drug-likeness (QED) is 0.504. The van der Waals surface area contributed by atoms with Gasteiger partial charge in [0.2, 0.25) is 0 Å². The van der Waals surface area contributed by atoms with Gasteiger partial charge in [0.05, 0.1) is 5.75 Å². The van der Waals surface area contributed by atoms with Crippen LogP contribution in [0.1, 0.15) is 19.8 Å². The Morgan fingerprint density at radius 1 is 1.08 bits per heavy atom. The maximum absolute atomic E-state index is 12.2. The van der Waals surface area contributed by atoms with Gasteiger partial charge in [0.25, 0.3) is 0 Å². The first-order valence-electron chi connectivity index (χ1n) is 3.83. The summed E-state index contributed by atoms with van der Waals surface area (Å²) < 4.78 is 59.2. The molecule has 0 nitrogen and oxygen atoms in total. The minimum absolute atomic E-state index is 0.349. The summed E-state index contributed by atoms with van der Waals surface area (Å²) >= 11 is 0.642. The number of rotatable bonds is 5. The molecule has 0 saturated heterocycles. The Hall–Kier alpha value is -0.0000000000000000555. The summed E-state index contributed by atoms with van der Waals surface area (Å²) in [5, 5.41) is 0. The third kappa shape index (κ3) is 4.69. The lowest BCUT2D eigenvalue weighted by Gasteiger charge is -2.18. The van der Waals surface area contributed by atoms with Gasteiger partial charge in [-0.2, -0.15) is 33.7 Å². The molecule has 0 atom stereocenters. The number of unbranched alkanes of at least 4 members (excludes halogenated alkanes) is 1. The molecule has 0 bridgehead atoms. The maximum Gasteiger partial charge on any atom is 0.454 e. The van der Waals surface area contributed by atoms with Crippen molar-refractivity contribution in [1.29, 1.82) is 0 Å². The van der Waals surface area contributed by atoms with Crippen molar-refractivity contribution in [3.8, 4) is 0 Å². The van der Waals surface area contributed by atoms with Crippen LogP contribution in [-0.2, 0) is 0 Å². The van der Waals surface area contributed by atoms with E-state index in [2.05, 4.69) is 0 Å². The molecular weight excluding hydrogens is 211 g/mol. The molecule has 80 valence electrons. The highest BCUT2D eigenvalue weighted by Crippen LogP contribution is 2.37. The lowest BCUT2D eigenvalue weighted by molar-refractivity contribution is -0.271. The van der Waals surface area contributed by atoms with E-state index in [9.17, 15) is 22.0 Å². The third-order valence-electron chi connectivity index (χ3n) is 1.34. The van der Waals surface area contributed by atoms with Crippen LogP contribution in [0.5, 0.6) is 0 Å². The van der Waals surface area contributed by atoms with Crippen LogP contribution in [0.4, 0.5) is 22.0 Å². The summed E-state index contributed by atoms with van der Waals surface area (Å²) in [6, 6.07) is 0. The molecule has 0 heterocycles. The van der Waals surface area contributed by atoms with Crippen molar-refractivity contribution in [3.05, 3.63) is 0 Å². The summed E-state index contributed by atoms with van der Waals surface area (Å²) in [7, 11) is 0. The molecule has 13 heavy (non-hydrogen) atoms. The second kappa shape index (κ2) is 5.02. The van der Waals surface area contributed by atoms with Crippen molar-refractivity contribution in [1.82, 2.24) is 0 Å². The smallest absolute Gasteiger partial charge is 0.195 e. The molecule has 0 amide bonds. The average Bonchev–Trinajstić information content (AvgIpc) is 1.96. The summed E-state index contributed by atoms with van der Waals surface area (Å²) in [5.41, 5.74) is 0. The van der Waals surface area contributed by atoms with Crippen molar-refractivity contribution < 1.29 is 22.0 Å². The predicted octanol–water partition coefficient (Wildman–Crippen LogP) is 3.72. The first-order valence-corrected chi connectivity index (χ1v) is 4.99. The van der Waals surface area contributed by atoms with Crippen LogP contribution < -0.4 is 0 Å². The maximum atomic E-state index is 12.2. The zero-order chi connectivity index (χ0) is 10.5. The van der Waals surface area contributed by atoms with E-state index in [0.29, 0.717) is 23.9 Å². The normalized spacial score (nSPS) is 13.4. The SMILES string of the molecule is CCCCSCC(F)(F)C(F)(F)F. The standard InChI is InChI=1S/C7H11F5S/c1-2-3-4-13-5-6(8,9)7(10,11)12/h2-5H2,1H3. The van der Waals surface area contributed by atoms with Gasteiger partial charge in [0.15, 0.2) is 0 Å². The molecule has 0 rings (SSSR count). The van der Waals surface area contributed by atoms with Gasteiger partial charge >= 0.3 is 12.1 Å². The fourth-order valence-electron chi connectivity index (χ4n) is 0.529. The van der Waals surface area contributed by atoms with Gasteiger partial charge in [-0.3, -0.25) is 0 Å². The number of thioether (sulfide) groups is 1. The summed E-state index contributed by atoms with van der Waals surface area (Å²) in [5.74, 6) is -5.37.